The van der Waals surface area contributed by atoms with Gasteiger partial charge in [-0.3, -0.25) is 14.2 Å². The molecule has 0 aliphatic rings. The summed E-state index contributed by atoms with van der Waals surface area (Å²) < 4.78 is 27.5. The molecule has 10 heteroatoms. The highest BCUT2D eigenvalue weighted by Gasteiger charge is 2.17. The fourth-order valence-electron chi connectivity index (χ4n) is 1.54. The molecular weight excluding hydrogens is 341 g/mol. The van der Waals surface area contributed by atoms with E-state index in [1.807, 2.05) is 0 Å². The maximum Gasteiger partial charge on any atom is 0.325 e. The Hall–Kier alpha value is -1.77. The highest BCUT2D eigenvalue weighted by molar-refractivity contribution is 7.92. The van der Waals surface area contributed by atoms with Gasteiger partial charge in [-0.05, 0) is 18.2 Å². The van der Waals surface area contributed by atoms with E-state index in [0.717, 1.165) is 17.1 Å². The lowest BCUT2D eigenvalue weighted by molar-refractivity contribution is -0.137. The molecule has 1 heterocycles. The summed E-state index contributed by atoms with van der Waals surface area (Å²) in [6.45, 7) is -0.432. The van der Waals surface area contributed by atoms with Gasteiger partial charge in [0.25, 0.3) is 10.0 Å². The zero-order valence-corrected chi connectivity index (χ0v) is 12.7. The van der Waals surface area contributed by atoms with Crippen LogP contribution in [0.15, 0.2) is 35.5 Å². The fourth-order valence-corrected chi connectivity index (χ4v) is 3.05. The van der Waals surface area contributed by atoms with Crippen molar-refractivity contribution >= 4 is 44.9 Å². The summed E-state index contributed by atoms with van der Waals surface area (Å²) >= 11 is 11.6. The zero-order valence-electron chi connectivity index (χ0n) is 10.3. The summed E-state index contributed by atoms with van der Waals surface area (Å²) in [7, 11) is -3.91. The van der Waals surface area contributed by atoms with E-state index >= 15 is 0 Å². The van der Waals surface area contributed by atoms with Crippen LogP contribution in [0.3, 0.4) is 0 Å². The number of hydrogen-bond acceptors (Lipinski definition) is 4. The second kappa shape index (κ2) is 5.92. The highest BCUT2D eigenvalue weighted by atomic mass is 35.5. The molecule has 0 unspecified atom stereocenters. The average Bonchev–Trinajstić information content (AvgIpc) is 2.74. The molecule has 2 N–H and O–H groups in total. The normalized spacial score (nSPS) is 11.3. The zero-order chi connectivity index (χ0) is 15.6. The molecule has 0 saturated heterocycles. The van der Waals surface area contributed by atoms with E-state index in [1.165, 1.54) is 18.2 Å². The van der Waals surface area contributed by atoms with Gasteiger partial charge in [-0.25, -0.2) is 8.42 Å². The Kier molecular flexibility index (Phi) is 4.40. The Labute approximate surface area is 130 Å². The quantitative estimate of drug-likeness (QED) is 0.860. The second-order valence-corrected chi connectivity index (χ2v) is 6.59. The molecule has 2 rings (SSSR count). The minimum absolute atomic E-state index is 0.167. The molecular formula is C11H9Cl2N3O4S. The molecule has 0 radical (unpaired) electrons. The number of nitrogens with zero attached hydrogens (tertiary/aromatic N) is 2. The fraction of sp³-hybridized carbons (Fsp3) is 0.0909. The molecule has 0 spiro atoms. The number of carboxylic acids is 1. The third-order valence-corrected chi connectivity index (χ3v) is 4.10. The van der Waals surface area contributed by atoms with Crippen LogP contribution in [0, 0.1) is 0 Å². The van der Waals surface area contributed by atoms with Crippen molar-refractivity contribution in [3.8, 4) is 0 Å². The first-order valence-corrected chi connectivity index (χ1v) is 7.73. The molecule has 0 atom stereocenters. The first-order chi connectivity index (χ1) is 9.76. The summed E-state index contributed by atoms with van der Waals surface area (Å²) in [6.07, 6.45) is 2.17. The van der Waals surface area contributed by atoms with Crippen LogP contribution < -0.4 is 4.72 Å². The number of carbonyl (C=O) groups is 1. The Morgan fingerprint density at radius 3 is 2.48 bits per heavy atom. The first-order valence-electron chi connectivity index (χ1n) is 5.49. The molecule has 1 aromatic carbocycles. The van der Waals surface area contributed by atoms with Crippen molar-refractivity contribution in [2.75, 3.05) is 4.72 Å². The lowest BCUT2D eigenvalue weighted by Gasteiger charge is -2.07. The maximum absolute atomic E-state index is 12.1. The molecule has 0 saturated carbocycles. The van der Waals surface area contributed by atoms with Crippen LogP contribution >= 0.6 is 23.2 Å². The number of hydrogen-bond donors (Lipinski definition) is 2. The predicted octanol–water partition coefficient (Wildman–Crippen LogP) is 2.08. The van der Waals surface area contributed by atoms with Crippen molar-refractivity contribution in [2.45, 2.75) is 11.4 Å². The van der Waals surface area contributed by atoms with Crippen LogP contribution in [0.1, 0.15) is 0 Å². The van der Waals surface area contributed by atoms with E-state index in [4.69, 9.17) is 28.3 Å². The van der Waals surface area contributed by atoms with Gasteiger partial charge >= 0.3 is 5.97 Å². The van der Waals surface area contributed by atoms with Crippen LogP contribution in [0.4, 0.5) is 5.69 Å². The van der Waals surface area contributed by atoms with Gasteiger partial charge in [-0.2, -0.15) is 5.10 Å². The van der Waals surface area contributed by atoms with Gasteiger partial charge < -0.3 is 5.11 Å². The van der Waals surface area contributed by atoms with E-state index in [0.29, 0.717) is 0 Å². The van der Waals surface area contributed by atoms with Crippen LogP contribution in [0.5, 0.6) is 0 Å². The molecule has 21 heavy (non-hydrogen) atoms. The third kappa shape index (κ3) is 4.10. The number of benzene rings is 1. The van der Waals surface area contributed by atoms with Crippen LogP contribution in [0.2, 0.25) is 10.0 Å². The molecule has 2 aromatic rings. The van der Waals surface area contributed by atoms with Gasteiger partial charge in [0, 0.05) is 16.2 Å². The molecule has 0 fully saturated rings. The van der Waals surface area contributed by atoms with Crippen molar-refractivity contribution in [1.29, 1.82) is 0 Å². The van der Waals surface area contributed by atoms with Gasteiger partial charge in [0.05, 0.1) is 11.9 Å². The van der Waals surface area contributed by atoms with E-state index in [2.05, 4.69) is 9.82 Å². The molecule has 7 nitrogen and oxygen atoms in total. The molecule has 0 aliphatic heterocycles. The van der Waals surface area contributed by atoms with Crippen molar-refractivity contribution in [1.82, 2.24) is 9.78 Å². The predicted molar refractivity (Wildman–Crippen MR) is 77.1 cm³/mol. The lowest BCUT2D eigenvalue weighted by atomic mass is 10.3. The van der Waals surface area contributed by atoms with Gasteiger partial charge in [-0.1, -0.05) is 23.2 Å². The van der Waals surface area contributed by atoms with Gasteiger partial charge in [0.15, 0.2) is 0 Å². The molecule has 0 bridgehead atoms. The Balaban J connectivity index is 2.25. The Morgan fingerprint density at radius 2 is 1.90 bits per heavy atom. The number of anilines is 1. The molecule has 1 aromatic heterocycles. The number of carboxylic acid groups (broad SMARTS) is 1. The van der Waals surface area contributed by atoms with Crippen molar-refractivity contribution in [2.24, 2.45) is 0 Å². The Morgan fingerprint density at radius 1 is 1.29 bits per heavy atom. The third-order valence-electron chi connectivity index (χ3n) is 2.33. The SMILES string of the molecule is O=C(O)Cn1cc(S(=O)(=O)Nc2cc(Cl)cc(Cl)c2)cn1. The summed E-state index contributed by atoms with van der Waals surface area (Å²) in [5, 5.41) is 12.8. The summed E-state index contributed by atoms with van der Waals surface area (Å²) in [5.74, 6) is -1.13. The largest absolute Gasteiger partial charge is 0.480 e. The van der Waals surface area contributed by atoms with E-state index < -0.39 is 22.5 Å². The monoisotopic (exact) mass is 349 g/mol. The van der Waals surface area contributed by atoms with E-state index in [1.54, 1.807) is 0 Å². The van der Waals surface area contributed by atoms with Crippen LogP contribution in [-0.4, -0.2) is 29.3 Å². The number of sulfonamides is 1. The lowest BCUT2D eigenvalue weighted by Crippen LogP contribution is -2.13. The van der Waals surface area contributed by atoms with E-state index in [9.17, 15) is 13.2 Å². The standard InChI is InChI=1S/C11H9Cl2N3O4S/c12-7-1-8(13)3-9(2-7)15-21(19,20)10-4-14-16(5-10)6-11(17)18/h1-5,15H,6H2,(H,17,18). The Bertz CT molecular complexity index is 768. The van der Waals surface area contributed by atoms with Crippen LogP contribution in [-0.2, 0) is 21.4 Å². The second-order valence-electron chi connectivity index (χ2n) is 4.03. The minimum Gasteiger partial charge on any atom is -0.480 e. The molecule has 112 valence electrons. The van der Waals surface area contributed by atoms with Gasteiger partial charge in [-0.15, -0.1) is 0 Å². The highest BCUT2D eigenvalue weighted by Crippen LogP contribution is 2.24. The smallest absolute Gasteiger partial charge is 0.325 e. The van der Waals surface area contributed by atoms with Gasteiger partial charge in [0.2, 0.25) is 0 Å². The summed E-state index contributed by atoms with van der Waals surface area (Å²) in [6, 6.07) is 4.26. The minimum atomic E-state index is -3.91. The summed E-state index contributed by atoms with van der Waals surface area (Å²) in [4.78, 5) is 10.4. The average molecular weight is 350 g/mol. The van der Waals surface area contributed by atoms with Crippen molar-refractivity contribution in [3.63, 3.8) is 0 Å². The number of nitrogens with one attached hydrogen (secondary N) is 1. The van der Waals surface area contributed by atoms with Crippen molar-refractivity contribution in [3.05, 3.63) is 40.6 Å². The van der Waals surface area contributed by atoms with Crippen LogP contribution in [0.25, 0.3) is 0 Å². The van der Waals surface area contributed by atoms with Crippen molar-refractivity contribution < 1.29 is 18.3 Å². The topological polar surface area (TPSA) is 101 Å². The number of rotatable bonds is 5. The first kappa shape index (κ1) is 15.6. The van der Waals surface area contributed by atoms with Gasteiger partial charge in [0.1, 0.15) is 11.4 Å². The summed E-state index contributed by atoms with van der Waals surface area (Å²) in [5.41, 5.74) is 0.193. The number of halogens is 2. The maximum atomic E-state index is 12.1. The number of aliphatic carboxylic acids is 1. The molecule has 0 amide bonds. The number of aromatic nitrogens is 2. The molecule has 0 aliphatic carbocycles. The van der Waals surface area contributed by atoms with E-state index in [-0.39, 0.29) is 20.6 Å².